The van der Waals surface area contributed by atoms with Crippen LogP contribution in [0.25, 0.3) is 0 Å². The van der Waals surface area contributed by atoms with Crippen LogP contribution in [-0.2, 0) is 18.3 Å². The largest absolute Gasteiger partial charge is 0.355 e. The third-order valence-corrected chi connectivity index (χ3v) is 5.22. The molecule has 0 aliphatic carbocycles. The predicted molar refractivity (Wildman–Crippen MR) is 102 cm³/mol. The lowest BCUT2D eigenvalue weighted by atomic mass is 10.0. The highest BCUT2D eigenvalue weighted by molar-refractivity contribution is 8.00. The van der Waals surface area contributed by atoms with E-state index in [1.807, 2.05) is 6.92 Å². The van der Waals surface area contributed by atoms with Crippen LogP contribution in [0.3, 0.4) is 0 Å². The topological polar surface area (TPSA) is 64.0 Å². The molecule has 140 valence electrons. The van der Waals surface area contributed by atoms with Crippen molar-refractivity contribution in [2.24, 2.45) is 7.05 Å². The van der Waals surface area contributed by atoms with Gasteiger partial charge in [-0.05, 0) is 31.9 Å². The maximum absolute atomic E-state index is 13.9. The Morgan fingerprint density at radius 1 is 1.38 bits per heavy atom. The van der Waals surface area contributed by atoms with Crippen molar-refractivity contribution in [3.63, 3.8) is 0 Å². The van der Waals surface area contributed by atoms with Gasteiger partial charge in [0.05, 0.1) is 5.25 Å². The zero-order chi connectivity index (χ0) is 19.3. The van der Waals surface area contributed by atoms with E-state index in [1.165, 1.54) is 22.4 Å². The first kappa shape index (κ1) is 20.2. The smallest absolute Gasteiger partial charge is 0.257 e. The van der Waals surface area contributed by atoms with Gasteiger partial charge in [-0.1, -0.05) is 36.9 Å². The lowest BCUT2D eigenvalue weighted by Crippen LogP contribution is -2.32. The van der Waals surface area contributed by atoms with Gasteiger partial charge in [0.25, 0.3) is 5.56 Å². The second-order valence-electron chi connectivity index (χ2n) is 6.14. The second-order valence-corrected chi connectivity index (χ2v) is 7.45. The molecular weight excluding hydrogens is 353 g/mol. The molecule has 0 aliphatic rings. The molecule has 0 saturated heterocycles. The van der Waals surface area contributed by atoms with E-state index in [2.05, 4.69) is 10.3 Å². The first-order valence-corrected chi connectivity index (χ1v) is 9.47. The quantitative estimate of drug-likeness (QED) is 0.595. The van der Waals surface area contributed by atoms with Crippen LogP contribution in [0.1, 0.15) is 37.1 Å². The van der Waals surface area contributed by atoms with Crippen molar-refractivity contribution in [1.29, 1.82) is 0 Å². The van der Waals surface area contributed by atoms with Gasteiger partial charge in [-0.25, -0.2) is 9.37 Å². The average Bonchev–Trinajstić information content (AvgIpc) is 2.62. The number of hydrogen-bond acceptors (Lipinski definition) is 4. The molecule has 1 aromatic carbocycles. The van der Waals surface area contributed by atoms with Gasteiger partial charge in [-0.2, -0.15) is 0 Å². The number of hydrogen-bond donors (Lipinski definition) is 1. The number of carbonyl (C=O) groups is 1. The van der Waals surface area contributed by atoms with Crippen LogP contribution < -0.4 is 10.9 Å². The van der Waals surface area contributed by atoms with E-state index in [1.54, 1.807) is 39.1 Å². The molecule has 1 aromatic heterocycles. The summed E-state index contributed by atoms with van der Waals surface area (Å²) in [5.41, 5.74) is 1.26. The van der Waals surface area contributed by atoms with Crippen molar-refractivity contribution in [2.75, 3.05) is 6.54 Å². The third kappa shape index (κ3) is 4.72. The summed E-state index contributed by atoms with van der Waals surface area (Å²) in [5, 5.41) is 2.95. The van der Waals surface area contributed by atoms with Crippen LogP contribution in [0.2, 0.25) is 0 Å². The molecule has 1 unspecified atom stereocenters. The van der Waals surface area contributed by atoms with E-state index in [-0.39, 0.29) is 29.0 Å². The first-order valence-electron chi connectivity index (χ1n) is 8.59. The van der Waals surface area contributed by atoms with E-state index >= 15 is 0 Å². The Labute approximate surface area is 157 Å². The Balaban J connectivity index is 2.26. The van der Waals surface area contributed by atoms with Gasteiger partial charge < -0.3 is 5.32 Å². The summed E-state index contributed by atoms with van der Waals surface area (Å²) in [6, 6.07) is 6.40. The molecule has 0 aliphatic heterocycles. The highest BCUT2D eigenvalue weighted by Crippen LogP contribution is 2.22. The number of thioether (sulfide) groups is 1. The fourth-order valence-corrected chi connectivity index (χ4v) is 3.41. The maximum atomic E-state index is 13.9. The van der Waals surface area contributed by atoms with Crippen molar-refractivity contribution < 1.29 is 9.18 Å². The number of nitrogens with one attached hydrogen (secondary N) is 1. The summed E-state index contributed by atoms with van der Waals surface area (Å²) in [5.74, 6) is -0.423. The van der Waals surface area contributed by atoms with Gasteiger partial charge in [0.2, 0.25) is 5.91 Å². The molecule has 0 saturated carbocycles. The molecule has 0 bridgehead atoms. The molecule has 1 amide bonds. The Morgan fingerprint density at radius 3 is 2.73 bits per heavy atom. The number of nitrogens with zero attached hydrogens (tertiary/aromatic N) is 2. The van der Waals surface area contributed by atoms with Crippen LogP contribution in [0.15, 0.2) is 34.2 Å². The van der Waals surface area contributed by atoms with Crippen molar-refractivity contribution >= 4 is 17.7 Å². The summed E-state index contributed by atoms with van der Waals surface area (Å²) in [6.45, 7) is 6.13. The Kier molecular flexibility index (Phi) is 6.97. The van der Waals surface area contributed by atoms with Crippen LogP contribution in [-0.4, -0.2) is 27.3 Å². The van der Waals surface area contributed by atoms with Gasteiger partial charge in [-0.15, -0.1) is 0 Å². The maximum Gasteiger partial charge on any atom is 0.257 e. The Bertz CT molecular complexity index is 851. The van der Waals surface area contributed by atoms with Gasteiger partial charge in [-0.3, -0.25) is 14.2 Å². The van der Waals surface area contributed by atoms with Crippen molar-refractivity contribution in [3.8, 4) is 0 Å². The molecule has 0 spiro atoms. The highest BCUT2D eigenvalue weighted by atomic mass is 32.2. The minimum atomic E-state index is -0.364. The van der Waals surface area contributed by atoms with Gasteiger partial charge >= 0.3 is 0 Å². The van der Waals surface area contributed by atoms with Crippen molar-refractivity contribution in [1.82, 2.24) is 14.9 Å². The molecule has 1 atom stereocenters. The zero-order valence-electron chi connectivity index (χ0n) is 15.5. The predicted octanol–water partition coefficient (Wildman–Crippen LogP) is 2.83. The van der Waals surface area contributed by atoms with Crippen LogP contribution in [0.4, 0.5) is 4.39 Å². The number of benzene rings is 1. The molecule has 1 N–H and O–H groups in total. The number of aryl methyl sites for hydroxylation is 1. The van der Waals surface area contributed by atoms with Gasteiger partial charge in [0.15, 0.2) is 5.16 Å². The molecule has 7 heteroatoms. The van der Waals surface area contributed by atoms with E-state index in [9.17, 15) is 14.0 Å². The number of amides is 1. The van der Waals surface area contributed by atoms with E-state index < -0.39 is 0 Å². The van der Waals surface area contributed by atoms with E-state index in [0.717, 1.165) is 6.42 Å². The standard InChI is InChI=1S/C19H24FN3O2S/c1-5-10-21-17(24)13(3)26-19-22-12(2)15(18(25)23(19)4)11-14-8-6-7-9-16(14)20/h6-9,13H,5,10-11H2,1-4H3,(H,21,24). The molecule has 26 heavy (non-hydrogen) atoms. The molecule has 2 aromatic rings. The lowest BCUT2D eigenvalue weighted by molar-refractivity contribution is -0.120. The summed E-state index contributed by atoms with van der Waals surface area (Å²) < 4.78 is 15.3. The third-order valence-electron chi connectivity index (χ3n) is 4.08. The van der Waals surface area contributed by atoms with Gasteiger partial charge in [0.1, 0.15) is 5.82 Å². The van der Waals surface area contributed by atoms with E-state index in [0.29, 0.717) is 28.5 Å². The average molecular weight is 377 g/mol. The molecule has 0 fully saturated rings. The summed E-state index contributed by atoms with van der Waals surface area (Å²) in [6.07, 6.45) is 1.05. The summed E-state index contributed by atoms with van der Waals surface area (Å²) in [7, 11) is 1.62. The molecule has 0 radical (unpaired) electrons. The number of aromatic nitrogens is 2. The minimum Gasteiger partial charge on any atom is -0.355 e. The van der Waals surface area contributed by atoms with Crippen molar-refractivity contribution in [3.05, 3.63) is 57.3 Å². The number of rotatable bonds is 7. The normalized spacial score (nSPS) is 12.0. The van der Waals surface area contributed by atoms with E-state index in [4.69, 9.17) is 0 Å². The minimum absolute atomic E-state index is 0.0841. The number of carbonyl (C=O) groups excluding carboxylic acids is 1. The SMILES string of the molecule is CCCNC(=O)C(C)Sc1nc(C)c(Cc2ccccc2F)c(=O)n1C. The molecular formula is C19H24FN3O2S. The Hall–Kier alpha value is -2.15. The highest BCUT2D eigenvalue weighted by Gasteiger charge is 2.19. The summed E-state index contributed by atoms with van der Waals surface area (Å²) in [4.78, 5) is 29.3. The second kappa shape index (κ2) is 8.98. The monoisotopic (exact) mass is 377 g/mol. The fourth-order valence-electron chi connectivity index (χ4n) is 2.47. The zero-order valence-corrected chi connectivity index (χ0v) is 16.3. The summed E-state index contributed by atoms with van der Waals surface area (Å²) >= 11 is 1.24. The molecule has 1 heterocycles. The molecule has 2 rings (SSSR count). The number of halogens is 1. The fraction of sp³-hybridized carbons (Fsp3) is 0.421. The molecule has 5 nitrogen and oxygen atoms in total. The van der Waals surface area contributed by atoms with Crippen LogP contribution in [0.5, 0.6) is 0 Å². The first-order chi connectivity index (χ1) is 12.3. The van der Waals surface area contributed by atoms with Crippen LogP contribution >= 0.6 is 11.8 Å². The van der Waals surface area contributed by atoms with Crippen molar-refractivity contribution in [2.45, 2.75) is 44.0 Å². The lowest BCUT2D eigenvalue weighted by Gasteiger charge is -2.15. The van der Waals surface area contributed by atoms with Crippen LogP contribution in [0, 0.1) is 12.7 Å². The Morgan fingerprint density at radius 2 is 2.08 bits per heavy atom. The van der Waals surface area contributed by atoms with Gasteiger partial charge in [0, 0.05) is 31.3 Å².